The first-order chi connectivity index (χ1) is 12.5. The molecule has 0 heterocycles. The molecule has 0 aliphatic heterocycles. The number of amides is 1. The molecule has 2 N–H and O–H groups in total. The maximum absolute atomic E-state index is 12.6. The number of nitrogens with one attached hydrogen (secondary N) is 2. The van der Waals surface area contributed by atoms with E-state index in [0.29, 0.717) is 23.4 Å². The maximum Gasteiger partial charge on any atom is 0.251 e. The number of carbonyl (C=O) groups is 1. The molecule has 136 valence electrons. The molecule has 6 heteroatoms. The molecule has 26 heavy (non-hydrogen) atoms. The van der Waals surface area contributed by atoms with E-state index in [1.54, 1.807) is 30.3 Å². The molecule has 2 aromatic carbocycles. The lowest BCUT2D eigenvalue weighted by Crippen LogP contribution is -2.26. The standard InChI is InChI=1S/C20H22N2O3S/c1-2-21-20(23)17-9-7-15(8-10-17)14-22-26(24,25)19-12-11-16-5-3-4-6-18(16)13-19/h3-10,13,22H,2,11-12,14H2,1H3,(H,21,23). The van der Waals surface area contributed by atoms with Gasteiger partial charge in [-0.2, -0.15) is 0 Å². The summed E-state index contributed by atoms with van der Waals surface area (Å²) in [5, 5.41) is 2.73. The van der Waals surface area contributed by atoms with Crippen LogP contribution in [0.4, 0.5) is 0 Å². The summed E-state index contributed by atoms with van der Waals surface area (Å²) >= 11 is 0. The second-order valence-corrected chi connectivity index (χ2v) is 8.01. The van der Waals surface area contributed by atoms with E-state index < -0.39 is 10.0 Å². The molecule has 0 atom stereocenters. The molecular formula is C20H22N2O3S. The topological polar surface area (TPSA) is 75.3 Å². The van der Waals surface area contributed by atoms with E-state index in [1.165, 1.54) is 5.56 Å². The van der Waals surface area contributed by atoms with E-state index in [-0.39, 0.29) is 12.5 Å². The minimum Gasteiger partial charge on any atom is -0.352 e. The Kier molecular flexibility index (Phi) is 5.54. The van der Waals surface area contributed by atoms with Crippen LogP contribution in [0.25, 0.3) is 6.08 Å². The zero-order valence-corrected chi connectivity index (χ0v) is 15.5. The SMILES string of the molecule is CCNC(=O)c1ccc(CNS(=O)(=O)C2=Cc3ccccc3CC2)cc1. The average Bonchev–Trinajstić information content (AvgIpc) is 2.66. The zero-order chi connectivity index (χ0) is 18.6. The van der Waals surface area contributed by atoms with Crippen LogP contribution in [0.5, 0.6) is 0 Å². The Morgan fingerprint density at radius 2 is 1.77 bits per heavy atom. The minimum absolute atomic E-state index is 0.134. The van der Waals surface area contributed by atoms with Crippen LogP contribution >= 0.6 is 0 Å². The van der Waals surface area contributed by atoms with Gasteiger partial charge in [0.05, 0.1) is 4.91 Å². The molecule has 2 aromatic rings. The monoisotopic (exact) mass is 370 g/mol. The van der Waals surface area contributed by atoms with Crippen molar-refractivity contribution >= 4 is 22.0 Å². The predicted molar refractivity (Wildman–Crippen MR) is 103 cm³/mol. The quantitative estimate of drug-likeness (QED) is 0.821. The number of hydrogen-bond acceptors (Lipinski definition) is 3. The molecule has 1 amide bonds. The van der Waals surface area contributed by atoms with E-state index in [0.717, 1.165) is 17.5 Å². The zero-order valence-electron chi connectivity index (χ0n) is 14.7. The molecule has 0 aromatic heterocycles. The van der Waals surface area contributed by atoms with Crippen molar-refractivity contribution in [2.75, 3.05) is 6.54 Å². The van der Waals surface area contributed by atoms with Crippen molar-refractivity contribution in [3.63, 3.8) is 0 Å². The molecule has 0 fully saturated rings. The highest BCUT2D eigenvalue weighted by Gasteiger charge is 2.21. The highest BCUT2D eigenvalue weighted by Crippen LogP contribution is 2.26. The molecule has 3 rings (SSSR count). The molecule has 0 spiro atoms. The van der Waals surface area contributed by atoms with Gasteiger partial charge in [-0.1, -0.05) is 36.4 Å². The number of fused-ring (bicyclic) bond motifs is 1. The smallest absolute Gasteiger partial charge is 0.251 e. The third-order valence-electron chi connectivity index (χ3n) is 4.38. The third kappa shape index (κ3) is 4.20. The minimum atomic E-state index is -3.53. The Morgan fingerprint density at radius 1 is 1.04 bits per heavy atom. The van der Waals surface area contributed by atoms with Crippen molar-refractivity contribution in [1.82, 2.24) is 10.0 Å². The van der Waals surface area contributed by atoms with Crippen LogP contribution in [0.2, 0.25) is 0 Å². The summed E-state index contributed by atoms with van der Waals surface area (Å²) in [6.07, 6.45) is 2.98. The highest BCUT2D eigenvalue weighted by molar-refractivity contribution is 7.93. The summed E-state index contributed by atoms with van der Waals surface area (Å²) in [7, 11) is -3.53. The fraction of sp³-hybridized carbons (Fsp3) is 0.250. The van der Waals surface area contributed by atoms with Gasteiger partial charge in [-0.25, -0.2) is 13.1 Å². The van der Waals surface area contributed by atoms with Crippen LogP contribution in [0.1, 0.15) is 40.4 Å². The van der Waals surface area contributed by atoms with E-state index in [9.17, 15) is 13.2 Å². The molecule has 1 aliphatic carbocycles. The van der Waals surface area contributed by atoms with Crippen molar-refractivity contribution in [2.24, 2.45) is 0 Å². The number of benzene rings is 2. The molecule has 0 bridgehead atoms. The van der Waals surface area contributed by atoms with E-state index in [2.05, 4.69) is 10.0 Å². The summed E-state index contributed by atoms with van der Waals surface area (Å²) in [6.45, 7) is 2.62. The maximum atomic E-state index is 12.6. The first kappa shape index (κ1) is 18.4. The summed E-state index contributed by atoms with van der Waals surface area (Å²) in [6, 6.07) is 14.8. The van der Waals surface area contributed by atoms with Gasteiger partial charge in [-0.15, -0.1) is 0 Å². The lowest BCUT2D eigenvalue weighted by molar-refractivity contribution is 0.0956. The number of hydrogen-bond donors (Lipinski definition) is 2. The van der Waals surface area contributed by atoms with Gasteiger partial charge >= 0.3 is 0 Å². The first-order valence-corrected chi connectivity index (χ1v) is 10.1. The Hall–Kier alpha value is -2.44. The van der Waals surface area contributed by atoms with Crippen molar-refractivity contribution in [1.29, 1.82) is 0 Å². The van der Waals surface area contributed by atoms with Crippen LogP contribution in [-0.2, 0) is 23.0 Å². The van der Waals surface area contributed by atoms with Gasteiger partial charge in [0.1, 0.15) is 0 Å². The number of carbonyl (C=O) groups excluding carboxylic acids is 1. The molecule has 0 saturated heterocycles. The number of aryl methyl sites for hydroxylation is 1. The van der Waals surface area contributed by atoms with Crippen LogP contribution < -0.4 is 10.0 Å². The third-order valence-corrected chi connectivity index (χ3v) is 5.91. The summed E-state index contributed by atoms with van der Waals surface area (Å²) in [5.74, 6) is -0.134. The van der Waals surface area contributed by atoms with Gasteiger partial charge in [-0.3, -0.25) is 4.79 Å². The van der Waals surface area contributed by atoms with E-state index >= 15 is 0 Å². The Balaban J connectivity index is 1.67. The first-order valence-electron chi connectivity index (χ1n) is 8.65. The second-order valence-electron chi connectivity index (χ2n) is 6.19. The normalized spacial score (nSPS) is 13.7. The summed E-state index contributed by atoms with van der Waals surface area (Å²) in [4.78, 5) is 12.2. The number of allylic oxidation sites excluding steroid dienone is 1. The Bertz CT molecular complexity index is 932. The van der Waals surface area contributed by atoms with Gasteiger partial charge in [0.15, 0.2) is 0 Å². The van der Waals surface area contributed by atoms with Crippen molar-refractivity contribution in [3.8, 4) is 0 Å². The summed E-state index contributed by atoms with van der Waals surface area (Å²) in [5.41, 5.74) is 3.50. The van der Waals surface area contributed by atoms with Crippen molar-refractivity contribution in [2.45, 2.75) is 26.3 Å². The molecular weight excluding hydrogens is 348 g/mol. The molecule has 5 nitrogen and oxygen atoms in total. The molecule has 0 radical (unpaired) electrons. The van der Waals surface area contributed by atoms with Crippen LogP contribution in [0.3, 0.4) is 0 Å². The van der Waals surface area contributed by atoms with Gasteiger partial charge in [0.2, 0.25) is 10.0 Å². The van der Waals surface area contributed by atoms with E-state index in [4.69, 9.17) is 0 Å². The lowest BCUT2D eigenvalue weighted by atomic mass is 9.98. The number of rotatable bonds is 6. The Labute approximate surface area is 154 Å². The molecule has 0 unspecified atom stereocenters. The predicted octanol–water partition coefficient (Wildman–Crippen LogP) is 2.84. The molecule has 1 aliphatic rings. The average molecular weight is 370 g/mol. The fourth-order valence-corrected chi connectivity index (χ4v) is 4.12. The van der Waals surface area contributed by atoms with Crippen molar-refractivity contribution in [3.05, 3.63) is 75.7 Å². The highest BCUT2D eigenvalue weighted by atomic mass is 32.2. The van der Waals surface area contributed by atoms with Gasteiger partial charge in [0, 0.05) is 18.7 Å². The fourth-order valence-electron chi connectivity index (χ4n) is 2.93. The van der Waals surface area contributed by atoms with Crippen LogP contribution in [-0.4, -0.2) is 20.9 Å². The van der Waals surface area contributed by atoms with Crippen LogP contribution in [0.15, 0.2) is 53.4 Å². The van der Waals surface area contributed by atoms with Gasteiger partial charge in [-0.05, 0) is 54.7 Å². The largest absolute Gasteiger partial charge is 0.352 e. The van der Waals surface area contributed by atoms with Crippen molar-refractivity contribution < 1.29 is 13.2 Å². The lowest BCUT2D eigenvalue weighted by Gasteiger charge is -2.17. The molecule has 0 saturated carbocycles. The van der Waals surface area contributed by atoms with Crippen LogP contribution in [0, 0.1) is 0 Å². The van der Waals surface area contributed by atoms with E-state index in [1.807, 2.05) is 31.2 Å². The second kappa shape index (κ2) is 7.85. The van der Waals surface area contributed by atoms with Gasteiger partial charge in [0.25, 0.3) is 5.91 Å². The summed E-state index contributed by atoms with van der Waals surface area (Å²) < 4.78 is 27.8. The Morgan fingerprint density at radius 3 is 2.50 bits per heavy atom. The number of sulfonamides is 1. The van der Waals surface area contributed by atoms with Gasteiger partial charge < -0.3 is 5.32 Å².